The molecule has 1 spiro atoms. The van der Waals surface area contributed by atoms with E-state index in [1.54, 1.807) is 38.5 Å². The van der Waals surface area contributed by atoms with Crippen molar-refractivity contribution in [3.8, 4) is 0 Å². The maximum absolute atomic E-state index is 2.40. The highest BCUT2D eigenvalue weighted by molar-refractivity contribution is 5.35. The summed E-state index contributed by atoms with van der Waals surface area (Å²) in [6.45, 7) is 2.40. The van der Waals surface area contributed by atoms with Crippen molar-refractivity contribution < 1.29 is 0 Å². The molecule has 5 saturated carbocycles. The second-order valence-corrected chi connectivity index (χ2v) is 7.53. The van der Waals surface area contributed by atoms with Crippen LogP contribution in [0.1, 0.15) is 51.9 Å². The normalized spacial score (nSPS) is 65.0. The first-order valence-corrected chi connectivity index (χ1v) is 7.32. The highest BCUT2D eigenvalue weighted by Gasteiger charge is 2.87. The van der Waals surface area contributed by atoms with Crippen LogP contribution < -0.4 is 0 Å². The van der Waals surface area contributed by atoms with Crippen LogP contribution in [-0.4, -0.2) is 0 Å². The fraction of sp³-hybridized carbons (Fsp3) is 1.00. The average Bonchev–Trinajstić information content (AvgIpc) is 2.96. The maximum atomic E-state index is 2.40. The van der Waals surface area contributed by atoms with Gasteiger partial charge in [-0.15, -0.1) is 0 Å². The zero-order chi connectivity index (χ0) is 9.84. The van der Waals surface area contributed by atoms with E-state index in [9.17, 15) is 0 Å². The minimum atomic E-state index is 0.903. The van der Waals surface area contributed by atoms with Gasteiger partial charge in [-0.3, -0.25) is 0 Å². The number of hydrogen-bond acceptors (Lipinski definition) is 0. The van der Waals surface area contributed by atoms with Crippen molar-refractivity contribution in [3.05, 3.63) is 0 Å². The Morgan fingerprint density at radius 2 is 2.00 bits per heavy atom. The van der Waals surface area contributed by atoms with Gasteiger partial charge in [0.25, 0.3) is 0 Å². The summed E-state index contributed by atoms with van der Waals surface area (Å²) in [7, 11) is 0. The van der Waals surface area contributed by atoms with Crippen LogP contribution in [0.2, 0.25) is 0 Å². The van der Waals surface area contributed by atoms with Crippen LogP contribution in [0.25, 0.3) is 0 Å². The molecule has 0 aliphatic heterocycles. The molecular weight excluding hydrogens is 180 g/mol. The third-order valence-electron chi connectivity index (χ3n) is 7.27. The number of fused-ring (bicyclic) bond motifs is 1. The Labute approximate surface area is 92.8 Å². The van der Waals surface area contributed by atoms with E-state index < -0.39 is 0 Å². The molecule has 0 aromatic rings. The van der Waals surface area contributed by atoms with Crippen LogP contribution in [0.4, 0.5) is 0 Å². The second-order valence-electron chi connectivity index (χ2n) is 7.53. The lowest BCUT2D eigenvalue weighted by atomic mass is 9.49. The molecule has 6 unspecified atom stereocenters. The van der Waals surface area contributed by atoms with E-state index in [4.69, 9.17) is 0 Å². The summed E-state index contributed by atoms with van der Waals surface area (Å²) in [4.78, 5) is 0. The van der Waals surface area contributed by atoms with E-state index >= 15 is 0 Å². The first-order chi connectivity index (χ1) is 7.32. The lowest BCUT2D eigenvalue weighted by Gasteiger charge is -2.55. The summed E-state index contributed by atoms with van der Waals surface area (Å²) in [5, 5.41) is 0. The van der Waals surface area contributed by atoms with E-state index in [-0.39, 0.29) is 0 Å². The van der Waals surface area contributed by atoms with Crippen LogP contribution in [0, 0.1) is 40.4 Å². The second kappa shape index (κ2) is 2.05. The van der Waals surface area contributed by atoms with Crippen molar-refractivity contribution in [1.29, 1.82) is 0 Å². The van der Waals surface area contributed by atoms with Crippen LogP contribution in [0.15, 0.2) is 0 Å². The van der Waals surface area contributed by atoms with Gasteiger partial charge in [0.1, 0.15) is 0 Å². The predicted octanol–water partition coefficient (Wildman–Crippen LogP) is 3.86. The van der Waals surface area contributed by atoms with Crippen molar-refractivity contribution in [2.24, 2.45) is 40.4 Å². The summed E-state index contributed by atoms with van der Waals surface area (Å²) in [5.41, 5.74) is 1.89. The molecule has 15 heavy (non-hydrogen) atoms. The minimum Gasteiger partial charge on any atom is -0.0654 e. The molecule has 0 nitrogen and oxygen atoms in total. The lowest BCUT2D eigenvalue weighted by molar-refractivity contribution is -0.0711. The molecule has 5 aliphatic rings. The molecular formula is C15H22. The maximum Gasteiger partial charge on any atom is -0.0193 e. The molecule has 2 bridgehead atoms. The summed E-state index contributed by atoms with van der Waals surface area (Å²) in [6, 6.07) is 0. The topological polar surface area (TPSA) is 0 Å². The van der Waals surface area contributed by atoms with Gasteiger partial charge in [0.05, 0.1) is 0 Å². The highest BCUT2D eigenvalue weighted by Crippen LogP contribution is 2.93. The Kier molecular flexibility index (Phi) is 1.11. The Hall–Kier alpha value is 0. The summed E-state index contributed by atoms with van der Waals surface area (Å²) >= 11 is 0. The van der Waals surface area contributed by atoms with Gasteiger partial charge in [0.2, 0.25) is 0 Å². The molecule has 0 amide bonds. The van der Waals surface area contributed by atoms with Gasteiger partial charge in [-0.1, -0.05) is 13.3 Å². The average molecular weight is 202 g/mol. The zero-order valence-corrected chi connectivity index (χ0v) is 9.84. The molecule has 6 atom stereocenters. The van der Waals surface area contributed by atoms with Crippen molar-refractivity contribution in [1.82, 2.24) is 0 Å². The third-order valence-corrected chi connectivity index (χ3v) is 7.27. The number of rotatable bonds is 3. The van der Waals surface area contributed by atoms with Gasteiger partial charge in [-0.2, -0.15) is 0 Å². The quantitative estimate of drug-likeness (QED) is 0.652. The molecule has 0 radical (unpaired) electrons. The Bertz CT molecular complexity index is 338. The highest BCUT2D eigenvalue weighted by atomic mass is 14.9. The van der Waals surface area contributed by atoms with Crippen molar-refractivity contribution in [2.75, 3.05) is 0 Å². The fourth-order valence-corrected chi connectivity index (χ4v) is 6.98. The lowest BCUT2D eigenvalue weighted by Crippen LogP contribution is -2.49. The molecule has 0 saturated heterocycles. The first kappa shape index (κ1) is 8.14. The van der Waals surface area contributed by atoms with Gasteiger partial charge in [0, 0.05) is 0 Å². The SMILES string of the molecule is CCCC1(C2C3CC4CC5C4C52C3)CC1. The Morgan fingerprint density at radius 1 is 1.13 bits per heavy atom. The predicted molar refractivity (Wildman–Crippen MR) is 60.3 cm³/mol. The Morgan fingerprint density at radius 3 is 2.73 bits per heavy atom. The molecule has 0 heterocycles. The molecule has 5 aliphatic carbocycles. The van der Waals surface area contributed by atoms with Crippen LogP contribution in [0.5, 0.6) is 0 Å². The molecule has 82 valence electrons. The van der Waals surface area contributed by atoms with Crippen molar-refractivity contribution in [3.63, 3.8) is 0 Å². The largest absolute Gasteiger partial charge is 0.0654 e. The fourth-order valence-electron chi connectivity index (χ4n) is 6.98. The van der Waals surface area contributed by atoms with Crippen LogP contribution >= 0.6 is 0 Å². The molecule has 0 aromatic carbocycles. The van der Waals surface area contributed by atoms with Gasteiger partial charge in [0.15, 0.2) is 0 Å². The van der Waals surface area contributed by atoms with Gasteiger partial charge < -0.3 is 0 Å². The zero-order valence-electron chi connectivity index (χ0n) is 9.84. The first-order valence-electron chi connectivity index (χ1n) is 7.32. The molecule has 0 N–H and O–H groups in total. The Balaban J connectivity index is 1.52. The molecule has 0 heteroatoms. The third kappa shape index (κ3) is 0.643. The van der Waals surface area contributed by atoms with E-state index in [0.29, 0.717) is 0 Å². The van der Waals surface area contributed by atoms with Gasteiger partial charge in [-0.05, 0) is 78.9 Å². The summed E-state index contributed by atoms with van der Waals surface area (Å²) in [6.07, 6.45) is 11.2. The monoisotopic (exact) mass is 202 g/mol. The van der Waals surface area contributed by atoms with Gasteiger partial charge in [-0.25, -0.2) is 0 Å². The van der Waals surface area contributed by atoms with E-state index in [2.05, 4.69) is 6.92 Å². The van der Waals surface area contributed by atoms with E-state index in [1.807, 2.05) is 0 Å². The molecule has 5 rings (SSSR count). The summed E-state index contributed by atoms with van der Waals surface area (Å²) in [5.74, 6) is 6.18. The number of hydrogen-bond donors (Lipinski definition) is 0. The van der Waals surface area contributed by atoms with Gasteiger partial charge >= 0.3 is 0 Å². The van der Waals surface area contributed by atoms with E-state index in [1.165, 1.54) is 36.0 Å². The summed E-state index contributed by atoms with van der Waals surface area (Å²) < 4.78 is 0. The molecule has 5 fully saturated rings. The van der Waals surface area contributed by atoms with E-state index in [0.717, 1.165) is 10.8 Å². The smallest absolute Gasteiger partial charge is 0.0193 e. The standard InChI is InChI=1S/C15H22/c1-2-3-14(4-5-14)13-10-6-9-7-11-12(9)15(11,13)8-10/h9-13H,2-8H2,1H3. The minimum absolute atomic E-state index is 0.903. The van der Waals surface area contributed by atoms with Crippen molar-refractivity contribution >= 4 is 0 Å². The van der Waals surface area contributed by atoms with Crippen LogP contribution in [0.3, 0.4) is 0 Å². The van der Waals surface area contributed by atoms with Crippen LogP contribution in [-0.2, 0) is 0 Å². The van der Waals surface area contributed by atoms with Crippen molar-refractivity contribution in [2.45, 2.75) is 51.9 Å². The molecule has 0 aromatic heterocycles.